The highest BCUT2D eigenvalue weighted by Gasteiger charge is 2.01. The summed E-state index contributed by atoms with van der Waals surface area (Å²) in [5.74, 6) is 0.742. The van der Waals surface area contributed by atoms with Gasteiger partial charge in [-0.15, -0.1) is 0 Å². The molecule has 6 heteroatoms. The molecule has 0 bridgehead atoms. The summed E-state index contributed by atoms with van der Waals surface area (Å²) in [7, 11) is 0. The van der Waals surface area contributed by atoms with Crippen molar-refractivity contribution in [2.75, 3.05) is 10.6 Å². The van der Waals surface area contributed by atoms with Crippen molar-refractivity contribution in [2.45, 2.75) is 13.5 Å². The highest BCUT2D eigenvalue weighted by Crippen LogP contribution is 2.14. The predicted molar refractivity (Wildman–Crippen MR) is 81.9 cm³/mol. The van der Waals surface area contributed by atoms with Crippen LogP contribution in [-0.4, -0.2) is 14.9 Å². The van der Waals surface area contributed by atoms with E-state index in [1.165, 1.54) is 0 Å². The maximum absolute atomic E-state index is 5.21. The van der Waals surface area contributed by atoms with Crippen LogP contribution < -0.4 is 10.6 Å². The number of halogens is 1. The van der Waals surface area contributed by atoms with Crippen LogP contribution in [0.4, 0.5) is 11.5 Å². The molecule has 0 unspecified atom stereocenters. The lowest BCUT2D eigenvalue weighted by Gasteiger charge is -2.08. The number of anilines is 2. The van der Waals surface area contributed by atoms with Crippen LogP contribution in [0.15, 0.2) is 41.0 Å². The van der Waals surface area contributed by atoms with Gasteiger partial charge in [0.05, 0.1) is 0 Å². The highest BCUT2D eigenvalue weighted by molar-refractivity contribution is 9.10. The van der Waals surface area contributed by atoms with E-state index in [4.69, 9.17) is 12.2 Å². The molecule has 0 aliphatic heterocycles. The van der Waals surface area contributed by atoms with Crippen molar-refractivity contribution in [3.8, 4) is 0 Å². The first-order chi connectivity index (χ1) is 8.67. The zero-order chi connectivity index (χ0) is 13.0. The first-order valence-corrected chi connectivity index (χ1v) is 6.74. The summed E-state index contributed by atoms with van der Waals surface area (Å²) in [6.07, 6.45) is 1.91. The molecular formula is C12H13BrN4S. The summed E-state index contributed by atoms with van der Waals surface area (Å²) in [5, 5.41) is 11.0. The van der Waals surface area contributed by atoms with Gasteiger partial charge in [0.25, 0.3) is 0 Å². The molecule has 2 aromatic rings. The van der Waals surface area contributed by atoms with E-state index in [-0.39, 0.29) is 0 Å². The molecule has 0 radical (unpaired) electrons. The SMILES string of the molecule is CCn1ccc(NC(=S)Nc2ccc(Br)cc2)n1. The maximum atomic E-state index is 5.21. The van der Waals surface area contributed by atoms with Gasteiger partial charge < -0.3 is 10.6 Å². The van der Waals surface area contributed by atoms with Crippen molar-refractivity contribution >= 4 is 44.8 Å². The molecule has 1 aromatic heterocycles. The Morgan fingerprint density at radius 2 is 2.00 bits per heavy atom. The standard InChI is InChI=1S/C12H13BrN4S/c1-2-17-8-7-11(16-17)15-12(18)14-10-5-3-9(13)4-6-10/h3-8H,2H2,1H3,(H2,14,15,16,18). The van der Waals surface area contributed by atoms with Gasteiger partial charge in [0.15, 0.2) is 10.9 Å². The Hall–Kier alpha value is -1.40. The third-order valence-electron chi connectivity index (χ3n) is 2.31. The van der Waals surface area contributed by atoms with Gasteiger partial charge in [-0.2, -0.15) is 5.10 Å². The summed E-state index contributed by atoms with van der Waals surface area (Å²) in [6, 6.07) is 9.69. The minimum Gasteiger partial charge on any atom is -0.332 e. The molecule has 0 fully saturated rings. The maximum Gasteiger partial charge on any atom is 0.176 e. The molecule has 0 spiro atoms. The van der Waals surface area contributed by atoms with Crippen molar-refractivity contribution in [1.29, 1.82) is 0 Å². The molecule has 0 aliphatic rings. The monoisotopic (exact) mass is 324 g/mol. The normalized spacial score (nSPS) is 10.1. The number of nitrogens with one attached hydrogen (secondary N) is 2. The van der Waals surface area contributed by atoms with Crippen LogP contribution in [0.5, 0.6) is 0 Å². The van der Waals surface area contributed by atoms with Gasteiger partial charge in [0.2, 0.25) is 0 Å². The van der Waals surface area contributed by atoms with Crippen molar-refractivity contribution in [3.63, 3.8) is 0 Å². The van der Waals surface area contributed by atoms with Crippen LogP contribution in [-0.2, 0) is 6.54 Å². The van der Waals surface area contributed by atoms with Crippen molar-refractivity contribution in [1.82, 2.24) is 9.78 Å². The van der Waals surface area contributed by atoms with E-state index in [0.717, 1.165) is 22.5 Å². The topological polar surface area (TPSA) is 41.9 Å². The van der Waals surface area contributed by atoms with Crippen LogP contribution in [0.25, 0.3) is 0 Å². The molecule has 0 saturated heterocycles. The fourth-order valence-corrected chi connectivity index (χ4v) is 1.90. The molecule has 0 amide bonds. The molecule has 2 N–H and O–H groups in total. The van der Waals surface area contributed by atoms with Crippen LogP contribution in [0.1, 0.15) is 6.92 Å². The summed E-state index contributed by atoms with van der Waals surface area (Å²) in [6.45, 7) is 2.88. The lowest BCUT2D eigenvalue weighted by atomic mass is 10.3. The van der Waals surface area contributed by atoms with E-state index < -0.39 is 0 Å². The van der Waals surface area contributed by atoms with E-state index in [0.29, 0.717) is 5.11 Å². The largest absolute Gasteiger partial charge is 0.332 e. The van der Waals surface area contributed by atoms with E-state index in [1.54, 1.807) is 0 Å². The first-order valence-electron chi connectivity index (χ1n) is 5.54. The Balaban J connectivity index is 1.94. The number of aryl methyl sites for hydroxylation is 1. The molecular weight excluding hydrogens is 312 g/mol. The van der Waals surface area contributed by atoms with Crippen LogP contribution >= 0.6 is 28.1 Å². The van der Waals surface area contributed by atoms with E-state index in [1.807, 2.05) is 48.1 Å². The minimum absolute atomic E-state index is 0.527. The Labute approximate surface area is 120 Å². The van der Waals surface area contributed by atoms with Gasteiger partial charge in [0.1, 0.15) is 0 Å². The van der Waals surface area contributed by atoms with Gasteiger partial charge in [-0.3, -0.25) is 4.68 Å². The van der Waals surface area contributed by atoms with Gasteiger partial charge in [-0.25, -0.2) is 0 Å². The van der Waals surface area contributed by atoms with Gasteiger partial charge in [-0.1, -0.05) is 15.9 Å². The van der Waals surface area contributed by atoms with Crippen molar-refractivity contribution in [2.24, 2.45) is 0 Å². The second-order valence-electron chi connectivity index (χ2n) is 3.64. The number of aromatic nitrogens is 2. The molecule has 0 aliphatic carbocycles. The lowest BCUT2D eigenvalue weighted by molar-refractivity contribution is 0.662. The molecule has 2 rings (SSSR count). The molecule has 0 saturated carbocycles. The molecule has 94 valence electrons. The smallest absolute Gasteiger partial charge is 0.176 e. The van der Waals surface area contributed by atoms with E-state index in [2.05, 4.69) is 31.7 Å². The lowest BCUT2D eigenvalue weighted by Crippen LogP contribution is -2.19. The zero-order valence-corrected chi connectivity index (χ0v) is 12.3. The average Bonchev–Trinajstić information content (AvgIpc) is 2.79. The molecule has 1 aromatic carbocycles. The number of nitrogens with zero attached hydrogens (tertiary/aromatic N) is 2. The molecule has 18 heavy (non-hydrogen) atoms. The zero-order valence-electron chi connectivity index (χ0n) is 9.85. The molecule has 1 heterocycles. The second kappa shape index (κ2) is 5.97. The number of benzene rings is 1. The summed E-state index contributed by atoms with van der Waals surface area (Å²) in [4.78, 5) is 0. The molecule has 0 atom stereocenters. The summed E-state index contributed by atoms with van der Waals surface area (Å²) >= 11 is 8.60. The minimum atomic E-state index is 0.527. The predicted octanol–water partition coefficient (Wildman–Crippen LogP) is 3.47. The Morgan fingerprint density at radius 3 is 2.61 bits per heavy atom. The Bertz CT molecular complexity index is 535. The number of hydrogen-bond donors (Lipinski definition) is 2. The molecule has 4 nitrogen and oxygen atoms in total. The fourth-order valence-electron chi connectivity index (χ4n) is 1.42. The fraction of sp³-hybridized carbons (Fsp3) is 0.167. The number of hydrogen-bond acceptors (Lipinski definition) is 2. The Kier molecular flexibility index (Phi) is 4.33. The third kappa shape index (κ3) is 3.54. The number of thiocarbonyl (C=S) groups is 1. The van der Waals surface area contributed by atoms with Crippen LogP contribution in [0.2, 0.25) is 0 Å². The second-order valence-corrected chi connectivity index (χ2v) is 4.97. The summed E-state index contributed by atoms with van der Waals surface area (Å²) in [5.41, 5.74) is 0.936. The van der Waals surface area contributed by atoms with Gasteiger partial charge in [-0.05, 0) is 43.4 Å². The third-order valence-corrected chi connectivity index (χ3v) is 3.04. The van der Waals surface area contributed by atoms with Crippen molar-refractivity contribution in [3.05, 3.63) is 41.0 Å². The van der Waals surface area contributed by atoms with Gasteiger partial charge in [0, 0.05) is 29.0 Å². The van der Waals surface area contributed by atoms with E-state index in [9.17, 15) is 0 Å². The van der Waals surface area contributed by atoms with Crippen molar-refractivity contribution < 1.29 is 0 Å². The average molecular weight is 325 g/mol. The Morgan fingerprint density at radius 1 is 1.28 bits per heavy atom. The highest BCUT2D eigenvalue weighted by atomic mass is 79.9. The summed E-state index contributed by atoms with van der Waals surface area (Å²) < 4.78 is 2.87. The van der Waals surface area contributed by atoms with Crippen LogP contribution in [0.3, 0.4) is 0 Å². The first kappa shape index (κ1) is 13.0. The van der Waals surface area contributed by atoms with Gasteiger partial charge >= 0.3 is 0 Å². The number of rotatable bonds is 3. The quantitative estimate of drug-likeness (QED) is 0.848. The van der Waals surface area contributed by atoms with Crippen LogP contribution in [0, 0.1) is 0 Å². The van der Waals surface area contributed by atoms with E-state index >= 15 is 0 Å².